The molecule has 0 aliphatic carbocycles. The maximum Gasteiger partial charge on any atom is 0.355 e. The number of aromatic nitrogens is 4. The minimum Gasteiger partial charge on any atom is -0.497 e. The van der Waals surface area contributed by atoms with Gasteiger partial charge in [0.2, 0.25) is 11.0 Å². The van der Waals surface area contributed by atoms with Crippen LogP contribution in [0.4, 0.5) is 5.13 Å². The van der Waals surface area contributed by atoms with Gasteiger partial charge in [-0.05, 0) is 36.8 Å². The fourth-order valence-electron chi connectivity index (χ4n) is 6.88. The van der Waals surface area contributed by atoms with Gasteiger partial charge in [0, 0.05) is 57.4 Å². The van der Waals surface area contributed by atoms with Crippen LogP contribution in [-0.2, 0) is 43.7 Å². The Labute approximate surface area is 359 Å². The van der Waals surface area contributed by atoms with Crippen molar-refractivity contribution in [3.63, 3.8) is 0 Å². The topological polar surface area (TPSA) is 167 Å². The molecule has 1 amide bonds. The van der Waals surface area contributed by atoms with E-state index in [4.69, 9.17) is 31.6 Å². The zero-order chi connectivity index (χ0) is 41.2. The second-order valence-electron chi connectivity index (χ2n) is 13.5. The smallest absolute Gasteiger partial charge is 0.355 e. The lowest BCUT2D eigenvalue weighted by Crippen LogP contribution is -2.62. The first kappa shape index (κ1) is 40.4. The van der Waals surface area contributed by atoms with Crippen LogP contribution in [0.2, 0.25) is 4.34 Å². The van der Waals surface area contributed by atoms with Gasteiger partial charge in [0.25, 0.3) is 0 Å². The minimum atomic E-state index is -0.705. The molecule has 1 fully saturated rings. The van der Waals surface area contributed by atoms with Gasteiger partial charge in [0.15, 0.2) is 30.4 Å². The number of ether oxygens (including phenoxy) is 2. The molecule has 2 atom stereocenters. The zero-order valence-corrected chi connectivity index (χ0v) is 35.9. The Bertz CT molecular complexity index is 2650. The number of ketones is 1. The molecule has 0 radical (unpaired) electrons. The summed E-state index contributed by atoms with van der Waals surface area (Å²) >= 11 is 12.1. The van der Waals surface area contributed by atoms with E-state index in [2.05, 4.69) is 24.7 Å². The molecule has 8 rings (SSSR count). The predicted octanol–water partition coefficient (Wildman–Crippen LogP) is 6.50. The van der Waals surface area contributed by atoms with Crippen LogP contribution in [-0.4, -0.2) is 74.0 Å². The van der Waals surface area contributed by atoms with Crippen molar-refractivity contribution in [1.29, 1.82) is 0 Å². The number of rotatable bonds is 15. The number of aliphatic imine (C=N–C) groups is 1. The molecule has 0 bridgehead atoms. The number of nitrogens with two attached hydrogens (primary N) is 1. The number of hydrogen-bond acceptors (Lipinski definition) is 14. The molecule has 1 saturated heterocycles. The minimum absolute atomic E-state index is 0.00436. The molecular weight excluding hydrogens is 852 g/mol. The lowest BCUT2D eigenvalue weighted by atomic mass is 9.89. The van der Waals surface area contributed by atoms with Gasteiger partial charge in [0.1, 0.15) is 41.0 Å². The van der Waals surface area contributed by atoms with Crippen molar-refractivity contribution in [2.24, 2.45) is 21.8 Å². The van der Waals surface area contributed by atoms with Crippen LogP contribution in [0.5, 0.6) is 5.75 Å². The summed E-state index contributed by atoms with van der Waals surface area (Å²) in [5.41, 5.74) is 9.99. The predicted molar refractivity (Wildman–Crippen MR) is 229 cm³/mol. The number of carbonyl (C=O) groups excluding carboxylic acids is 3. The third-order valence-electron chi connectivity index (χ3n) is 9.70. The van der Waals surface area contributed by atoms with Crippen molar-refractivity contribution < 1.29 is 33.3 Å². The second kappa shape index (κ2) is 17.4. The van der Waals surface area contributed by atoms with Crippen molar-refractivity contribution in [2.75, 3.05) is 20.0 Å². The number of oxime groups is 1. The summed E-state index contributed by atoms with van der Waals surface area (Å²) in [5.74, 6) is -0.575. The van der Waals surface area contributed by atoms with E-state index >= 15 is 0 Å². The standard InChI is InChI=1S/C40H36ClN8O6S4/c1-22-44-33(35(41)59-22)32(46-54-3)31(50)15-29-37(51)49-34(39(52)55-19-23-4-6-27(53-2)7-5-23)26(21-58-38(29)49)17-47-11-9-30-24(16-47)8-12-48(30)18-28-14-25(20-57-28)36(42)45-40-43-10-13-56-40/h4-14,16,20,29,38H,15,17-19,21H2,1-3H3,(H2,42,43,45)/q+1/b46-32+/t29-,38-/m1/s1. The number of nitrogens with zero attached hydrogens (tertiary/aromatic N) is 7. The molecule has 2 N–H and O–H groups in total. The number of β-lactam (4-membered cyclic amide) rings is 1. The number of hydrogen-bond donors (Lipinski definition) is 1. The molecule has 59 heavy (non-hydrogen) atoms. The van der Waals surface area contributed by atoms with Crippen LogP contribution in [0.25, 0.3) is 10.9 Å². The maximum atomic E-state index is 14.0. The van der Waals surface area contributed by atoms with Crippen LogP contribution in [0, 0.1) is 12.8 Å². The van der Waals surface area contributed by atoms with Crippen molar-refractivity contribution in [3.05, 3.63) is 120 Å². The SMILES string of the molecule is CO/N=C(\C(=O)C[C@@H]1C(=O)N2C(C(=O)OCc3ccc(OC)cc3)=C(C[n+]3ccc4c(ccn4Cc4cc(C(N)=Nc5nccs5)cs4)c3)CS[C@H]12)c1nc(C)sc1Cl. The van der Waals surface area contributed by atoms with E-state index in [0.29, 0.717) is 44.9 Å². The fourth-order valence-corrected chi connectivity index (χ4v) is 10.8. The summed E-state index contributed by atoms with van der Waals surface area (Å²) in [6.45, 7) is 2.75. The van der Waals surface area contributed by atoms with Crippen molar-refractivity contribution in [1.82, 2.24) is 19.4 Å². The lowest BCUT2D eigenvalue weighted by molar-refractivity contribution is -0.687. The number of amides is 1. The molecule has 19 heteroatoms. The number of fused-ring (bicyclic) bond motifs is 2. The molecule has 1 aromatic carbocycles. The summed E-state index contributed by atoms with van der Waals surface area (Å²) in [5, 5.41) is 9.59. The summed E-state index contributed by atoms with van der Waals surface area (Å²) < 4.78 is 15.6. The number of carbonyl (C=O) groups is 3. The highest BCUT2D eigenvalue weighted by molar-refractivity contribution is 8.00. The molecule has 0 saturated carbocycles. The molecule has 2 aliphatic heterocycles. The van der Waals surface area contributed by atoms with Gasteiger partial charge < -0.3 is 24.6 Å². The number of thiazole rings is 2. The number of benzene rings is 1. The van der Waals surface area contributed by atoms with Gasteiger partial charge in [-0.15, -0.1) is 45.8 Å². The molecule has 2 aliphatic rings. The van der Waals surface area contributed by atoms with E-state index in [0.717, 1.165) is 32.5 Å². The Hall–Kier alpha value is -5.40. The van der Waals surface area contributed by atoms with E-state index in [1.807, 2.05) is 64.2 Å². The highest BCUT2D eigenvalue weighted by Crippen LogP contribution is 2.46. The van der Waals surface area contributed by atoms with Crippen LogP contribution < -0.4 is 15.0 Å². The second-order valence-corrected chi connectivity index (χ2v) is 18.3. The number of pyridine rings is 1. The van der Waals surface area contributed by atoms with E-state index < -0.39 is 23.0 Å². The van der Waals surface area contributed by atoms with Crippen LogP contribution in [0.1, 0.15) is 33.1 Å². The third-order valence-corrected chi connectivity index (χ3v) is 13.9. The van der Waals surface area contributed by atoms with Crippen LogP contribution in [0.3, 0.4) is 0 Å². The number of amidine groups is 1. The molecule has 7 heterocycles. The number of halogens is 1. The number of esters is 1. The van der Waals surface area contributed by atoms with E-state index in [1.165, 1.54) is 46.4 Å². The first-order chi connectivity index (χ1) is 28.6. The number of thioether (sulfide) groups is 1. The van der Waals surface area contributed by atoms with Crippen LogP contribution in [0.15, 0.2) is 99.4 Å². The maximum absolute atomic E-state index is 14.0. The Morgan fingerprint density at radius 3 is 2.69 bits per heavy atom. The van der Waals surface area contributed by atoms with Crippen molar-refractivity contribution in [3.8, 4) is 5.75 Å². The first-order valence-corrected chi connectivity index (χ1v) is 22.1. The number of aryl methyl sites for hydroxylation is 1. The van der Waals surface area contributed by atoms with Gasteiger partial charge >= 0.3 is 5.97 Å². The molecule has 302 valence electrons. The van der Waals surface area contributed by atoms with E-state index in [9.17, 15) is 14.4 Å². The van der Waals surface area contributed by atoms with Crippen LogP contribution >= 0.6 is 57.4 Å². The number of methoxy groups -OCH3 is 1. The summed E-state index contributed by atoms with van der Waals surface area (Å²) in [4.78, 5) is 62.2. The Morgan fingerprint density at radius 2 is 1.97 bits per heavy atom. The Balaban J connectivity index is 1.02. The highest BCUT2D eigenvalue weighted by atomic mass is 35.5. The monoisotopic (exact) mass is 887 g/mol. The Morgan fingerprint density at radius 1 is 1.14 bits per heavy atom. The fraction of sp³-hybridized carbons (Fsp3) is 0.250. The summed E-state index contributed by atoms with van der Waals surface area (Å²) in [7, 11) is 2.91. The molecule has 5 aromatic heterocycles. The van der Waals surface area contributed by atoms with Gasteiger partial charge in [-0.25, -0.2) is 24.3 Å². The van der Waals surface area contributed by atoms with E-state index in [1.54, 1.807) is 43.7 Å². The van der Waals surface area contributed by atoms with Crippen molar-refractivity contribution in [2.45, 2.75) is 38.4 Å². The van der Waals surface area contributed by atoms with Gasteiger partial charge in [-0.1, -0.05) is 28.9 Å². The van der Waals surface area contributed by atoms with Crippen molar-refractivity contribution >= 4 is 103 Å². The number of Topliss-reactive ketones (excluding diaryl/α,β-unsaturated/α-hetero) is 1. The molecule has 0 unspecified atom stereocenters. The zero-order valence-electron chi connectivity index (χ0n) is 31.9. The lowest BCUT2D eigenvalue weighted by Gasteiger charge is -2.49. The number of thiophene rings is 1. The quantitative estimate of drug-likeness (QED) is 0.0301. The molecular formula is C40H36ClN8O6S4+. The molecule has 6 aromatic rings. The summed E-state index contributed by atoms with van der Waals surface area (Å²) in [6.07, 6.45) is 7.56. The summed E-state index contributed by atoms with van der Waals surface area (Å²) in [6, 6.07) is 13.3. The largest absolute Gasteiger partial charge is 0.497 e. The average Bonchev–Trinajstić information content (AvgIpc) is 4.07. The van der Waals surface area contributed by atoms with E-state index in [-0.39, 0.29) is 36.0 Å². The van der Waals surface area contributed by atoms with Gasteiger partial charge in [-0.3, -0.25) is 14.5 Å². The molecule has 0 spiro atoms. The molecule has 14 nitrogen and oxygen atoms in total. The highest BCUT2D eigenvalue weighted by Gasteiger charge is 2.55. The first-order valence-electron chi connectivity index (χ1n) is 18.1. The van der Waals surface area contributed by atoms with Gasteiger partial charge in [0.05, 0.1) is 40.9 Å². The normalized spacial score (nSPS) is 16.9. The third kappa shape index (κ3) is 8.54. The average molecular weight is 888 g/mol. The van der Waals surface area contributed by atoms with Gasteiger partial charge in [-0.2, -0.15) is 0 Å². The Kier molecular flexibility index (Phi) is 11.9.